The molecule has 2 aromatic rings. The summed E-state index contributed by atoms with van der Waals surface area (Å²) in [4.78, 5) is 4.28. The highest BCUT2D eigenvalue weighted by molar-refractivity contribution is 9.10. The van der Waals surface area contributed by atoms with Gasteiger partial charge in [0.15, 0.2) is 5.82 Å². The van der Waals surface area contributed by atoms with Gasteiger partial charge in [-0.25, -0.2) is 0 Å². The Morgan fingerprint density at radius 2 is 2.28 bits per heavy atom. The number of nitrogens with one attached hydrogen (secondary N) is 2. The number of aromatic nitrogens is 3. The Morgan fingerprint density at radius 3 is 3.06 bits per heavy atom. The Hall–Kier alpha value is -1.95. The molecule has 0 saturated heterocycles. The summed E-state index contributed by atoms with van der Waals surface area (Å²) in [7, 11) is 0. The van der Waals surface area contributed by atoms with E-state index in [1.807, 2.05) is 24.3 Å². The van der Waals surface area contributed by atoms with Crippen LogP contribution in [-0.4, -0.2) is 21.7 Å². The number of hydrogen-bond acceptors (Lipinski definition) is 5. The molecule has 0 aliphatic heterocycles. The summed E-state index contributed by atoms with van der Waals surface area (Å²) in [6.45, 7) is 4.22. The van der Waals surface area contributed by atoms with Gasteiger partial charge in [0.1, 0.15) is 0 Å². The van der Waals surface area contributed by atoms with Crippen molar-refractivity contribution in [2.75, 3.05) is 17.2 Å². The molecule has 0 atom stereocenters. The highest BCUT2D eigenvalue weighted by atomic mass is 79.9. The van der Waals surface area contributed by atoms with Gasteiger partial charge in [-0.2, -0.15) is 10.1 Å². The van der Waals surface area contributed by atoms with E-state index in [2.05, 4.69) is 48.3 Å². The third-order valence-corrected chi connectivity index (χ3v) is 2.55. The lowest BCUT2D eigenvalue weighted by Crippen LogP contribution is -2.05. The van der Waals surface area contributed by atoms with Crippen LogP contribution in [-0.2, 0) is 0 Å². The first-order valence-corrected chi connectivity index (χ1v) is 6.14. The molecule has 0 fully saturated rings. The van der Waals surface area contributed by atoms with Gasteiger partial charge in [0.2, 0.25) is 5.95 Å². The Morgan fingerprint density at radius 1 is 1.39 bits per heavy atom. The van der Waals surface area contributed by atoms with Crippen LogP contribution >= 0.6 is 15.9 Å². The lowest BCUT2D eigenvalue weighted by atomic mass is 10.3. The second-order valence-corrected chi connectivity index (χ2v) is 4.39. The fourth-order valence-corrected chi connectivity index (χ4v) is 1.72. The summed E-state index contributed by atoms with van der Waals surface area (Å²) in [5, 5.41) is 13.9. The smallest absolute Gasteiger partial charge is 0.244 e. The van der Waals surface area contributed by atoms with E-state index in [4.69, 9.17) is 0 Å². The standard InChI is InChI=1S/C12H12BrN5/c1-2-6-14-12-17-11(8-15-18-12)16-10-5-3-4-9(13)7-10/h2-5,7-8H,1,6H2,(H2,14,16,17,18). The topological polar surface area (TPSA) is 62.7 Å². The zero-order valence-corrected chi connectivity index (χ0v) is 11.2. The predicted octanol–water partition coefficient (Wildman–Crippen LogP) is 2.98. The molecular formula is C12H12BrN5. The number of nitrogens with zero attached hydrogens (tertiary/aromatic N) is 3. The molecule has 0 bridgehead atoms. The first-order valence-electron chi connectivity index (χ1n) is 5.35. The molecule has 1 heterocycles. The quantitative estimate of drug-likeness (QED) is 0.832. The van der Waals surface area contributed by atoms with Crippen LogP contribution in [0.25, 0.3) is 0 Å². The van der Waals surface area contributed by atoms with Gasteiger partial charge in [0.05, 0.1) is 6.20 Å². The molecule has 92 valence electrons. The van der Waals surface area contributed by atoms with E-state index in [-0.39, 0.29) is 0 Å². The molecular weight excluding hydrogens is 294 g/mol. The summed E-state index contributed by atoms with van der Waals surface area (Å²) in [5.41, 5.74) is 0.930. The maximum absolute atomic E-state index is 4.28. The lowest BCUT2D eigenvalue weighted by molar-refractivity contribution is 0.968. The van der Waals surface area contributed by atoms with E-state index in [1.54, 1.807) is 12.3 Å². The second kappa shape index (κ2) is 6.11. The maximum atomic E-state index is 4.28. The summed E-state index contributed by atoms with van der Waals surface area (Å²) >= 11 is 3.41. The van der Waals surface area contributed by atoms with Crippen molar-refractivity contribution in [3.63, 3.8) is 0 Å². The van der Waals surface area contributed by atoms with Crippen LogP contribution in [0.5, 0.6) is 0 Å². The first kappa shape index (κ1) is 12.5. The van der Waals surface area contributed by atoms with Crippen LogP contribution in [0.4, 0.5) is 17.5 Å². The minimum Gasteiger partial charge on any atom is -0.349 e. The highest BCUT2D eigenvalue weighted by Crippen LogP contribution is 2.19. The van der Waals surface area contributed by atoms with Crippen molar-refractivity contribution >= 4 is 33.4 Å². The van der Waals surface area contributed by atoms with Crippen molar-refractivity contribution in [2.24, 2.45) is 0 Å². The van der Waals surface area contributed by atoms with Crippen LogP contribution in [0.15, 0.2) is 47.6 Å². The van der Waals surface area contributed by atoms with Crippen molar-refractivity contribution < 1.29 is 0 Å². The van der Waals surface area contributed by atoms with Crippen LogP contribution < -0.4 is 10.6 Å². The summed E-state index contributed by atoms with van der Waals surface area (Å²) < 4.78 is 1.000. The van der Waals surface area contributed by atoms with Gasteiger partial charge < -0.3 is 10.6 Å². The maximum Gasteiger partial charge on any atom is 0.244 e. The molecule has 0 aliphatic rings. The van der Waals surface area contributed by atoms with E-state index in [0.717, 1.165) is 10.2 Å². The molecule has 2 rings (SSSR count). The van der Waals surface area contributed by atoms with Crippen molar-refractivity contribution in [3.05, 3.63) is 47.6 Å². The van der Waals surface area contributed by atoms with Gasteiger partial charge in [-0.15, -0.1) is 11.7 Å². The van der Waals surface area contributed by atoms with E-state index < -0.39 is 0 Å². The minimum absolute atomic E-state index is 0.467. The molecule has 18 heavy (non-hydrogen) atoms. The molecule has 6 heteroatoms. The Kier molecular flexibility index (Phi) is 4.25. The molecule has 0 unspecified atom stereocenters. The van der Waals surface area contributed by atoms with Crippen LogP contribution in [0, 0.1) is 0 Å². The largest absolute Gasteiger partial charge is 0.349 e. The van der Waals surface area contributed by atoms with E-state index in [0.29, 0.717) is 18.3 Å². The Bertz CT molecular complexity index is 543. The van der Waals surface area contributed by atoms with Crippen molar-refractivity contribution in [2.45, 2.75) is 0 Å². The van der Waals surface area contributed by atoms with Crippen LogP contribution in [0.2, 0.25) is 0 Å². The van der Waals surface area contributed by atoms with Gasteiger partial charge in [0.25, 0.3) is 0 Å². The fourth-order valence-electron chi connectivity index (χ4n) is 1.32. The molecule has 1 aromatic heterocycles. The Balaban J connectivity index is 2.11. The van der Waals surface area contributed by atoms with Crippen LogP contribution in [0.1, 0.15) is 0 Å². The fraction of sp³-hybridized carbons (Fsp3) is 0.0833. The van der Waals surface area contributed by atoms with Gasteiger partial charge >= 0.3 is 0 Å². The number of benzene rings is 1. The van der Waals surface area contributed by atoms with E-state index in [1.165, 1.54) is 0 Å². The summed E-state index contributed by atoms with van der Waals surface area (Å²) in [5.74, 6) is 1.10. The van der Waals surface area contributed by atoms with Gasteiger partial charge in [-0.1, -0.05) is 28.1 Å². The normalized spacial score (nSPS) is 9.83. The van der Waals surface area contributed by atoms with Crippen molar-refractivity contribution in [1.29, 1.82) is 0 Å². The molecule has 0 amide bonds. The molecule has 1 aromatic carbocycles. The SMILES string of the molecule is C=CCNc1nncc(Nc2cccc(Br)c2)n1. The molecule has 0 aliphatic carbocycles. The zero-order chi connectivity index (χ0) is 12.8. The molecule has 0 radical (unpaired) electrons. The predicted molar refractivity (Wildman–Crippen MR) is 75.9 cm³/mol. The molecule has 0 spiro atoms. The number of rotatable bonds is 5. The highest BCUT2D eigenvalue weighted by Gasteiger charge is 2.00. The zero-order valence-electron chi connectivity index (χ0n) is 9.60. The Labute approximate surface area is 113 Å². The van der Waals surface area contributed by atoms with E-state index >= 15 is 0 Å². The van der Waals surface area contributed by atoms with E-state index in [9.17, 15) is 0 Å². The van der Waals surface area contributed by atoms with Crippen molar-refractivity contribution in [1.82, 2.24) is 15.2 Å². The minimum atomic E-state index is 0.467. The second-order valence-electron chi connectivity index (χ2n) is 3.47. The number of hydrogen-bond donors (Lipinski definition) is 2. The molecule has 5 nitrogen and oxygen atoms in total. The van der Waals surface area contributed by atoms with Crippen LogP contribution in [0.3, 0.4) is 0 Å². The summed E-state index contributed by atoms with van der Waals surface area (Å²) in [6, 6.07) is 7.81. The molecule has 0 saturated carbocycles. The molecule has 2 N–H and O–H groups in total. The van der Waals surface area contributed by atoms with Crippen molar-refractivity contribution in [3.8, 4) is 0 Å². The van der Waals surface area contributed by atoms with Gasteiger partial charge in [-0.05, 0) is 18.2 Å². The first-order chi connectivity index (χ1) is 8.78. The number of anilines is 3. The lowest BCUT2D eigenvalue weighted by Gasteiger charge is -2.06. The average Bonchev–Trinajstić information content (AvgIpc) is 2.37. The third kappa shape index (κ3) is 3.53. The summed E-state index contributed by atoms with van der Waals surface area (Å²) in [6.07, 6.45) is 3.30. The average molecular weight is 306 g/mol. The van der Waals surface area contributed by atoms with Gasteiger partial charge in [0, 0.05) is 16.7 Å². The van der Waals surface area contributed by atoms with Gasteiger partial charge in [-0.3, -0.25) is 0 Å². The number of halogens is 1. The monoisotopic (exact) mass is 305 g/mol. The third-order valence-electron chi connectivity index (χ3n) is 2.06.